The van der Waals surface area contributed by atoms with E-state index in [9.17, 15) is 18.0 Å². The topological polar surface area (TPSA) is 47.6 Å². The maximum atomic E-state index is 12.6. The van der Waals surface area contributed by atoms with Gasteiger partial charge in [-0.1, -0.05) is 24.3 Å². The Morgan fingerprint density at radius 1 is 1.15 bits per heavy atom. The van der Waals surface area contributed by atoms with Crippen LogP contribution in [0.4, 0.5) is 13.2 Å². The van der Waals surface area contributed by atoms with Gasteiger partial charge in [-0.25, -0.2) is 0 Å². The highest BCUT2D eigenvalue weighted by atomic mass is 19.4. The number of carbonyl (C=O) groups is 1. The molecule has 4 nitrogen and oxygen atoms in total. The van der Waals surface area contributed by atoms with Crippen LogP contribution in [-0.4, -0.2) is 19.6 Å². The van der Waals surface area contributed by atoms with Gasteiger partial charge >= 0.3 is 6.18 Å². The largest absolute Gasteiger partial charge is 0.497 e. The van der Waals surface area contributed by atoms with Crippen LogP contribution < -0.4 is 10.1 Å². The number of amides is 1. The molecule has 0 aliphatic rings. The van der Waals surface area contributed by atoms with Gasteiger partial charge in [0.15, 0.2) is 0 Å². The first-order valence-corrected chi connectivity index (χ1v) is 7.97. The Labute approximate surface area is 149 Å². The van der Waals surface area contributed by atoms with E-state index in [2.05, 4.69) is 5.32 Å². The summed E-state index contributed by atoms with van der Waals surface area (Å²) >= 11 is 0. The second-order valence-corrected chi connectivity index (χ2v) is 5.75. The summed E-state index contributed by atoms with van der Waals surface area (Å²) in [6, 6.07) is 11.6. The summed E-state index contributed by atoms with van der Waals surface area (Å²) in [6.07, 6.45) is -4.38. The minimum Gasteiger partial charge on any atom is -0.497 e. The van der Waals surface area contributed by atoms with Gasteiger partial charge in [0.2, 0.25) is 5.91 Å². The normalized spacial score (nSPS) is 12.5. The van der Waals surface area contributed by atoms with Crippen molar-refractivity contribution in [3.8, 4) is 5.75 Å². The molecule has 2 rings (SSSR count). The predicted molar refractivity (Wildman–Crippen MR) is 90.7 cm³/mol. The molecule has 140 valence electrons. The SMILES string of the molecule is COc1cccc(COCC(=O)NC(C)c2ccc(C(F)(F)F)cc2)c1. The van der Waals surface area contributed by atoms with Crippen LogP contribution in [0, 0.1) is 0 Å². The third kappa shape index (κ3) is 5.77. The molecule has 1 atom stereocenters. The Morgan fingerprint density at radius 2 is 1.85 bits per heavy atom. The van der Waals surface area contributed by atoms with Crippen LogP contribution in [0.15, 0.2) is 48.5 Å². The molecule has 2 aromatic rings. The van der Waals surface area contributed by atoms with E-state index < -0.39 is 17.8 Å². The first-order valence-electron chi connectivity index (χ1n) is 7.97. The molecule has 1 amide bonds. The summed E-state index contributed by atoms with van der Waals surface area (Å²) in [5.74, 6) is 0.353. The van der Waals surface area contributed by atoms with E-state index in [1.165, 1.54) is 12.1 Å². The Bertz CT molecular complexity index is 730. The fourth-order valence-electron chi connectivity index (χ4n) is 2.35. The number of carbonyl (C=O) groups excluding carboxylic acids is 1. The number of methoxy groups -OCH3 is 1. The minimum atomic E-state index is -4.38. The van der Waals surface area contributed by atoms with Crippen molar-refractivity contribution in [2.24, 2.45) is 0 Å². The van der Waals surface area contributed by atoms with Crippen LogP contribution in [0.25, 0.3) is 0 Å². The van der Waals surface area contributed by atoms with Gasteiger partial charge in [-0.2, -0.15) is 13.2 Å². The standard InChI is InChI=1S/C19H20F3NO3/c1-13(15-6-8-16(9-7-15)19(20,21)22)23-18(24)12-26-11-14-4-3-5-17(10-14)25-2/h3-10,13H,11-12H2,1-2H3,(H,23,24). The molecule has 2 aromatic carbocycles. The molecule has 0 saturated heterocycles. The van der Waals surface area contributed by atoms with E-state index in [-0.39, 0.29) is 19.1 Å². The van der Waals surface area contributed by atoms with E-state index in [0.717, 1.165) is 17.7 Å². The van der Waals surface area contributed by atoms with Gasteiger partial charge < -0.3 is 14.8 Å². The molecule has 0 spiro atoms. The number of nitrogens with one attached hydrogen (secondary N) is 1. The van der Waals surface area contributed by atoms with Crippen LogP contribution in [0.5, 0.6) is 5.75 Å². The summed E-state index contributed by atoms with van der Waals surface area (Å²) in [6.45, 7) is 1.80. The molecule has 0 aliphatic heterocycles. The number of hydrogen-bond acceptors (Lipinski definition) is 3. The van der Waals surface area contributed by atoms with Crippen molar-refractivity contribution in [1.82, 2.24) is 5.32 Å². The molecule has 26 heavy (non-hydrogen) atoms. The molecule has 0 fully saturated rings. The van der Waals surface area contributed by atoms with E-state index in [1.54, 1.807) is 14.0 Å². The summed E-state index contributed by atoms with van der Waals surface area (Å²) in [7, 11) is 1.57. The maximum Gasteiger partial charge on any atom is 0.416 e. The lowest BCUT2D eigenvalue weighted by Crippen LogP contribution is -2.30. The summed E-state index contributed by atoms with van der Waals surface area (Å²) in [5, 5.41) is 2.69. The van der Waals surface area contributed by atoms with Gasteiger partial charge in [-0.15, -0.1) is 0 Å². The Balaban J connectivity index is 1.81. The third-order valence-electron chi connectivity index (χ3n) is 3.75. The van der Waals surface area contributed by atoms with Gasteiger partial charge in [-0.3, -0.25) is 4.79 Å². The first-order chi connectivity index (χ1) is 12.3. The second kappa shape index (κ2) is 8.71. The van der Waals surface area contributed by atoms with Crippen molar-refractivity contribution in [2.75, 3.05) is 13.7 Å². The molecule has 0 radical (unpaired) electrons. The zero-order chi connectivity index (χ0) is 19.2. The predicted octanol–water partition coefficient (Wildman–Crippen LogP) is 4.11. The zero-order valence-corrected chi connectivity index (χ0v) is 14.5. The molecule has 0 bridgehead atoms. The Kier molecular flexibility index (Phi) is 6.63. The lowest BCUT2D eigenvalue weighted by Gasteiger charge is -2.15. The van der Waals surface area contributed by atoms with E-state index >= 15 is 0 Å². The smallest absolute Gasteiger partial charge is 0.416 e. The quantitative estimate of drug-likeness (QED) is 0.801. The van der Waals surface area contributed by atoms with Crippen molar-refractivity contribution in [2.45, 2.75) is 25.7 Å². The molecular formula is C19H20F3NO3. The lowest BCUT2D eigenvalue weighted by atomic mass is 10.1. The fraction of sp³-hybridized carbons (Fsp3) is 0.316. The summed E-state index contributed by atoms with van der Waals surface area (Å²) in [5.41, 5.74) is 0.730. The number of rotatable bonds is 7. The van der Waals surface area contributed by atoms with Crippen molar-refractivity contribution < 1.29 is 27.4 Å². The lowest BCUT2D eigenvalue weighted by molar-refractivity contribution is -0.137. The van der Waals surface area contributed by atoms with E-state index in [1.807, 2.05) is 24.3 Å². The molecular weight excluding hydrogens is 347 g/mol. The fourth-order valence-corrected chi connectivity index (χ4v) is 2.35. The monoisotopic (exact) mass is 367 g/mol. The van der Waals surface area contributed by atoms with Gasteiger partial charge in [0.05, 0.1) is 25.3 Å². The Morgan fingerprint density at radius 3 is 2.46 bits per heavy atom. The third-order valence-corrected chi connectivity index (χ3v) is 3.75. The van der Waals surface area contributed by atoms with Crippen molar-refractivity contribution >= 4 is 5.91 Å². The minimum absolute atomic E-state index is 0.151. The molecule has 0 saturated carbocycles. The zero-order valence-electron chi connectivity index (χ0n) is 14.5. The van der Waals surface area contributed by atoms with Gasteiger partial charge in [-0.05, 0) is 42.3 Å². The van der Waals surface area contributed by atoms with E-state index in [0.29, 0.717) is 11.3 Å². The van der Waals surface area contributed by atoms with Crippen molar-refractivity contribution in [1.29, 1.82) is 0 Å². The highest BCUT2D eigenvalue weighted by Crippen LogP contribution is 2.29. The van der Waals surface area contributed by atoms with Gasteiger partial charge in [0, 0.05) is 0 Å². The number of hydrogen-bond donors (Lipinski definition) is 1. The molecule has 7 heteroatoms. The van der Waals surface area contributed by atoms with Gasteiger partial charge in [0.1, 0.15) is 12.4 Å². The maximum absolute atomic E-state index is 12.6. The van der Waals surface area contributed by atoms with Crippen LogP contribution in [-0.2, 0) is 22.3 Å². The highest BCUT2D eigenvalue weighted by Gasteiger charge is 2.30. The molecule has 1 unspecified atom stereocenters. The van der Waals surface area contributed by atoms with Gasteiger partial charge in [0.25, 0.3) is 0 Å². The second-order valence-electron chi connectivity index (χ2n) is 5.75. The average Bonchev–Trinajstić information content (AvgIpc) is 2.61. The van der Waals surface area contributed by atoms with Crippen molar-refractivity contribution in [3.05, 3.63) is 65.2 Å². The Hall–Kier alpha value is -2.54. The van der Waals surface area contributed by atoms with Crippen LogP contribution in [0.2, 0.25) is 0 Å². The first kappa shape index (κ1) is 19.8. The number of alkyl halides is 3. The highest BCUT2D eigenvalue weighted by molar-refractivity contribution is 5.77. The molecule has 0 heterocycles. The summed E-state index contributed by atoms with van der Waals surface area (Å²) in [4.78, 5) is 11.9. The molecule has 0 aromatic heterocycles. The van der Waals surface area contributed by atoms with Crippen molar-refractivity contribution in [3.63, 3.8) is 0 Å². The average molecular weight is 367 g/mol. The molecule has 0 aliphatic carbocycles. The van der Waals surface area contributed by atoms with Crippen LogP contribution >= 0.6 is 0 Å². The van der Waals surface area contributed by atoms with E-state index in [4.69, 9.17) is 9.47 Å². The molecule has 1 N–H and O–H groups in total. The number of benzene rings is 2. The van der Waals surface area contributed by atoms with Crippen LogP contribution in [0.3, 0.4) is 0 Å². The number of halogens is 3. The summed E-state index contributed by atoms with van der Waals surface area (Å²) < 4.78 is 48.2. The number of ether oxygens (including phenoxy) is 2. The van der Waals surface area contributed by atoms with Crippen LogP contribution in [0.1, 0.15) is 29.7 Å².